The van der Waals surface area contributed by atoms with Crippen LogP contribution in [0.25, 0.3) is 33.8 Å². The first kappa shape index (κ1) is 83.7. The Kier molecular flexibility index (Phi) is 24.4. The van der Waals surface area contributed by atoms with Gasteiger partial charge >= 0.3 is 17.9 Å². The third-order valence-electron chi connectivity index (χ3n) is 22.1. The first-order chi connectivity index (χ1) is 55.8. The molecule has 0 unspecified atom stereocenters. The van der Waals surface area contributed by atoms with Crippen LogP contribution in [-0.4, -0.2) is 104 Å². The Morgan fingerprint density at radius 3 is 1.14 bits per heavy atom. The van der Waals surface area contributed by atoms with Crippen molar-refractivity contribution < 1.29 is 84.3 Å². The van der Waals surface area contributed by atoms with Gasteiger partial charge in [0, 0.05) is 69.3 Å². The quantitative estimate of drug-likeness (QED) is 0.0672. The Balaban J connectivity index is 0.000000128. The molecular weight excluding hydrogens is 1710 g/mol. The first-order valence-electron chi connectivity index (χ1n) is 38.6. The van der Waals surface area contributed by atoms with Gasteiger partial charge in [-0.15, -0.1) is 0 Å². The number of carbonyl (C=O) groups excluding carboxylic acids is 5. The lowest BCUT2D eigenvalue weighted by atomic mass is 10.0. The van der Waals surface area contributed by atoms with Gasteiger partial charge in [-0.2, -0.15) is 0 Å². The van der Waals surface area contributed by atoms with Crippen LogP contribution in [0.15, 0.2) is 127 Å². The summed E-state index contributed by atoms with van der Waals surface area (Å²) in [4.78, 5) is 76.4. The highest BCUT2D eigenvalue weighted by Gasteiger charge is 2.55. The minimum Gasteiger partial charge on any atom is -0.478 e. The molecule has 21 nitrogen and oxygen atoms in total. The van der Waals surface area contributed by atoms with Gasteiger partial charge in [-0.3, -0.25) is 14.4 Å². The van der Waals surface area contributed by atoms with Crippen molar-refractivity contribution in [2.24, 2.45) is 17.8 Å². The van der Waals surface area contributed by atoms with Gasteiger partial charge in [-0.05, 0) is 226 Å². The fraction of sp³-hybridized carbons (Fsp3) is 0.407. The third-order valence-corrected chi connectivity index (χ3v) is 24.6. The number of hydrogen-bond acceptors (Lipinski definition) is 17. The smallest absolute Gasteiger partial charge is 0.338 e. The number of hydrogen-bond donors (Lipinski definition) is 2. The lowest BCUT2D eigenvalue weighted by molar-refractivity contribution is -0.129. The Morgan fingerprint density at radius 2 is 0.821 bits per heavy atom. The lowest BCUT2D eigenvalue weighted by Crippen LogP contribution is -2.43. The zero-order valence-corrected chi connectivity index (χ0v) is 70.2. The SMILES string of the molecule is CC(C)(C)OC(=O)c1ccc(Br)c(F)c1.CC(C)(C)OC(=O)c1ccc(N2C(=O)[C@@H]3C[C@H]2C[C@H]3OCc2c(-c3c(Cl)cccc3Cl)noc2C2CC2)c(F)c1.O=C(O)c1ccc(N2C(=O)[C@@H]3C[C@H]2C[C@H]3OCc2c(-c3c(Cl)cccc3Cl)noc2C2CC2)c(F)c1.O=C1N[C@@H]2C[C@@H](OCc3c(-c4c(Cl)cccc4Cl)noc3C3CC3)[C@H]1C2. The molecular formula is C86H80BrCl6F3N6O15. The molecule has 0 spiro atoms. The van der Waals surface area contributed by atoms with Crippen molar-refractivity contribution in [2.45, 2.75) is 204 Å². The number of nitrogens with zero attached hydrogens (tertiary/aromatic N) is 5. The van der Waals surface area contributed by atoms with Gasteiger partial charge in [0.2, 0.25) is 17.7 Å². The summed E-state index contributed by atoms with van der Waals surface area (Å²) in [5, 5.41) is 27.8. The van der Waals surface area contributed by atoms with E-state index in [1.165, 1.54) is 46.2 Å². The molecule has 0 radical (unpaired) electrons. The van der Waals surface area contributed by atoms with Gasteiger partial charge in [0.1, 0.15) is 63.0 Å². The number of halogens is 10. The number of rotatable bonds is 20. The number of nitrogens with one attached hydrogen (secondary N) is 1. The number of anilines is 2. The average Bonchev–Trinajstić information content (AvgIpc) is 1.26. The Bertz CT molecular complexity index is 5330. The molecule has 3 aliphatic heterocycles. The maximum absolute atomic E-state index is 15.1. The number of carboxylic acids is 1. The maximum atomic E-state index is 15.1. The molecule has 18 rings (SSSR count). The molecule has 3 saturated heterocycles. The standard InChI is InChI=1S/C30H29Cl2FN2O5.C26H21Cl2FN2O5.C19H18Cl2N2O3.C11H12BrFO2/c1-30(2,3)39-29(37)16-9-10-23(22(33)11-16)35-17-12-18(28(35)36)24(13-17)38-14-19-26(34-40-27(19)15-7-8-15)25-20(31)5-4-6-21(25)32;27-17-2-1-3-18(28)22(17)23-16(24(36-30-23)12-4-5-12)11-35-21-10-14-9-15(21)25(32)31(14)20-7-6-13(26(33)34)8-19(20)29;20-13-2-1-3-14(21)16(13)17-12(18(26-23-17)9-4-5-9)8-25-15-7-10-6-11(15)19(24)22-10;1-11(2,3)15-10(14)7-4-5-8(12)9(13)6-7/h4-6,9-11,15,17-18,24H,7-8,12-14H2,1-3H3;1-3,6-8,12,14-15,21H,4-5,9-11H2,(H,33,34);1-3,9-11,15H,4-8H2,(H,22,24);4-6H,1-3H3/t17-,18+,24+;14-,15+,21+;10-,11+,15+;/m000./s1. The van der Waals surface area contributed by atoms with Crippen molar-refractivity contribution in [2.75, 3.05) is 9.80 Å². The van der Waals surface area contributed by atoms with Gasteiger partial charge < -0.3 is 57.5 Å². The Morgan fingerprint density at radius 1 is 0.479 bits per heavy atom. The number of carbonyl (C=O) groups is 6. The number of aromatic nitrogens is 3. The van der Waals surface area contributed by atoms with Crippen LogP contribution in [0, 0.1) is 35.2 Å². The molecule has 6 aliphatic carbocycles. The molecule has 6 heterocycles. The van der Waals surface area contributed by atoms with Crippen LogP contribution in [0.1, 0.15) is 201 Å². The summed E-state index contributed by atoms with van der Waals surface area (Å²) in [6.07, 6.45) is 9.46. The molecule has 3 aromatic heterocycles. The molecule has 9 atom stereocenters. The maximum Gasteiger partial charge on any atom is 0.338 e. The average molecular weight is 1790 g/mol. The van der Waals surface area contributed by atoms with Gasteiger partial charge in [-0.25, -0.2) is 27.6 Å². The van der Waals surface area contributed by atoms with E-state index in [1.54, 1.807) is 96.1 Å². The molecule has 117 heavy (non-hydrogen) atoms. The fourth-order valence-corrected chi connectivity index (χ4v) is 18.1. The second-order valence-electron chi connectivity index (χ2n) is 32.7. The molecule has 9 aromatic rings. The van der Waals surface area contributed by atoms with Gasteiger partial charge in [0.15, 0.2) is 0 Å². The largest absolute Gasteiger partial charge is 0.478 e. The van der Waals surface area contributed by atoms with Crippen molar-refractivity contribution in [3.8, 4) is 33.8 Å². The van der Waals surface area contributed by atoms with Crippen LogP contribution < -0.4 is 15.1 Å². The highest BCUT2D eigenvalue weighted by molar-refractivity contribution is 9.10. The van der Waals surface area contributed by atoms with Crippen LogP contribution in [0.2, 0.25) is 30.1 Å². The molecule has 614 valence electrons. The highest BCUT2D eigenvalue weighted by atomic mass is 79.9. The lowest BCUT2D eigenvalue weighted by Gasteiger charge is -2.31. The number of aromatic carboxylic acids is 1. The first-order valence-corrected chi connectivity index (χ1v) is 41.7. The molecule has 3 amide bonds. The van der Waals surface area contributed by atoms with E-state index in [0.29, 0.717) is 107 Å². The number of piperidine rings is 3. The Hall–Kier alpha value is -8.34. The van der Waals surface area contributed by atoms with E-state index in [4.69, 9.17) is 112 Å². The molecule has 6 aromatic carbocycles. The zero-order valence-electron chi connectivity index (χ0n) is 64.1. The fourth-order valence-electron chi connectivity index (χ4n) is 16.2. The number of carboxylic acid groups (broad SMARTS) is 1. The van der Waals surface area contributed by atoms with Crippen LogP contribution in [-0.2, 0) is 57.9 Å². The predicted molar refractivity (Wildman–Crippen MR) is 434 cm³/mol. The Labute approximate surface area is 709 Å². The predicted octanol–water partition coefficient (Wildman–Crippen LogP) is 21.3. The number of esters is 2. The monoisotopic (exact) mass is 1780 g/mol. The van der Waals surface area contributed by atoms with Crippen molar-refractivity contribution in [1.29, 1.82) is 0 Å². The van der Waals surface area contributed by atoms with E-state index in [-0.39, 0.29) is 113 Å². The third kappa shape index (κ3) is 18.1. The van der Waals surface area contributed by atoms with E-state index in [2.05, 4.69) is 36.7 Å². The molecule has 6 saturated carbocycles. The minimum absolute atomic E-state index is 0.0448. The summed E-state index contributed by atoms with van der Waals surface area (Å²) in [5.41, 5.74) is 5.25. The number of ether oxygens (including phenoxy) is 5. The highest BCUT2D eigenvalue weighted by Crippen LogP contribution is 2.53. The molecule has 2 N–H and O–H groups in total. The summed E-state index contributed by atoms with van der Waals surface area (Å²) in [6.45, 7) is 11.3. The summed E-state index contributed by atoms with van der Waals surface area (Å²) in [6, 6.07) is 27.6. The zero-order chi connectivity index (χ0) is 83.0. The van der Waals surface area contributed by atoms with Crippen LogP contribution in [0.3, 0.4) is 0 Å². The van der Waals surface area contributed by atoms with E-state index in [9.17, 15) is 37.5 Å². The number of benzene rings is 6. The molecule has 31 heteroatoms. The van der Waals surface area contributed by atoms with E-state index in [0.717, 1.165) is 104 Å². The van der Waals surface area contributed by atoms with Gasteiger partial charge in [0.25, 0.3) is 0 Å². The second-order valence-corrected chi connectivity index (χ2v) is 36.0. The topological polar surface area (TPSA) is 265 Å². The van der Waals surface area contributed by atoms with Crippen molar-refractivity contribution >= 4 is 133 Å². The summed E-state index contributed by atoms with van der Waals surface area (Å²) in [7, 11) is 0. The molecule has 9 fully saturated rings. The second kappa shape index (κ2) is 34.0. The van der Waals surface area contributed by atoms with Crippen LogP contribution >= 0.6 is 85.5 Å². The van der Waals surface area contributed by atoms with Crippen molar-refractivity contribution in [3.05, 3.63) is 212 Å². The van der Waals surface area contributed by atoms with Gasteiger partial charge in [-0.1, -0.05) is 103 Å². The van der Waals surface area contributed by atoms with E-state index < -0.39 is 58.4 Å². The summed E-state index contributed by atoms with van der Waals surface area (Å²) in [5.74, 6) is -2.01. The number of amides is 3. The molecule has 6 bridgehead atoms. The van der Waals surface area contributed by atoms with Crippen LogP contribution in [0.5, 0.6) is 0 Å². The van der Waals surface area contributed by atoms with Crippen molar-refractivity contribution in [3.63, 3.8) is 0 Å². The van der Waals surface area contributed by atoms with E-state index >= 15 is 4.39 Å². The van der Waals surface area contributed by atoms with E-state index in [1.807, 2.05) is 0 Å². The summed E-state index contributed by atoms with van der Waals surface area (Å²) >= 11 is 41.6. The minimum atomic E-state index is -1.22. The normalized spacial score (nSPS) is 22.2. The van der Waals surface area contributed by atoms with Crippen LogP contribution in [0.4, 0.5) is 24.5 Å². The van der Waals surface area contributed by atoms with Gasteiger partial charge in [0.05, 0.1) is 119 Å². The van der Waals surface area contributed by atoms with Crippen molar-refractivity contribution in [1.82, 2.24) is 20.8 Å². The number of fused-ring (bicyclic) bond motifs is 6. The summed E-state index contributed by atoms with van der Waals surface area (Å²) < 4.78 is 89.5. The molecule has 9 aliphatic rings.